The van der Waals surface area contributed by atoms with Crippen LogP contribution in [0.3, 0.4) is 0 Å². The van der Waals surface area contributed by atoms with Crippen LogP contribution in [-0.2, 0) is 16.1 Å². The van der Waals surface area contributed by atoms with E-state index in [1.807, 2.05) is 0 Å². The molecule has 0 aliphatic carbocycles. The second-order valence-corrected chi connectivity index (χ2v) is 4.41. The van der Waals surface area contributed by atoms with Crippen LogP contribution in [-0.4, -0.2) is 27.9 Å². The molecule has 0 radical (unpaired) electrons. The van der Waals surface area contributed by atoms with Gasteiger partial charge in [-0.05, 0) is 6.92 Å². The number of nitro groups is 2. The van der Waals surface area contributed by atoms with Gasteiger partial charge in [0.25, 0.3) is 11.4 Å². The van der Waals surface area contributed by atoms with Crippen LogP contribution in [0.4, 0.5) is 33.3 Å². The van der Waals surface area contributed by atoms with E-state index in [1.54, 1.807) is 0 Å². The minimum Gasteiger partial charge on any atom is -0.456 e. The molecule has 0 aliphatic heterocycles. The number of nitrogens with zero attached hydrogens (tertiary/aromatic N) is 2. The molecule has 0 heterocycles. The Hall–Kier alpha value is -2.86. The van der Waals surface area contributed by atoms with Gasteiger partial charge in [0.05, 0.1) is 15.9 Å². The van der Waals surface area contributed by atoms with E-state index in [0.29, 0.717) is 12.1 Å². The summed E-state index contributed by atoms with van der Waals surface area (Å²) < 4.78 is 65.3. The topological polar surface area (TPSA) is 113 Å². The van der Waals surface area contributed by atoms with Crippen molar-refractivity contribution in [1.29, 1.82) is 0 Å². The lowest BCUT2D eigenvalue weighted by Gasteiger charge is -2.18. The van der Waals surface area contributed by atoms with Crippen LogP contribution in [0.15, 0.2) is 12.1 Å². The van der Waals surface area contributed by atoms with Crippen molar-refractivity contribution in [2.24, 2.45) is 0 Å². The average Bonchev–Trinajstić information content (AvgIpc) is 2.43. The molecule has 132 valence electrons. The van der Waals surface area contributed by atoms with E-state index < -0.39 is 51.5 Å². The number of carbonyl (C=O) groups excluding carboxylic acids is 1. The molecule has 1 aromatic carbocycles. The Bertz CT molecular complexity index is 703. The van der Waals surface area contributed by atoms with Gasteiger partial charge in [-0.15, -0.1) is 0 Å². The highest BCUT2D eigenvalue weighted by atomic mass is 19.4. The van der Waals surface area contributed by atoms with Crippen molar-refractivity contribution in [3.8, 4) is 0 Å². The number of non-ortho nitro benzene ring substituents is 1. The van der Waals surface area contributed by atoms with Gasteiger partial charge in [0, 0.05) is 17.2 Å². The first-order chi connectivity index (χ1) is 10.8. The first-order valence-corrected chi connectivity index (χ1v) is 5.83. The second kappa shape index (κ2) is 6.33. The fraction of sp³-hybridized carbons (Fsp3) is 0.364. The molecule has 0 unspecified atom stereocenters. The SMILES string of the molecule is Cc1c(COC(=O)C(F)(F)C(F)(F)F)cc([N+](=O)[O-])cc1[N+](=O)[O-]. The van der Waals surface area contributed by atoms with E-state index in [0.717, 1.165) is 6.92 Å². The number of benzene rings is 1. The lowest BCUT2D eigenvalue weighted by atomic mass is 10.1. The zero-order valence-electron chi connectivity index (χ0n) is 11.6. The number of halogens is 5. The van der Waals surface area contributed by atoms with Crippen molar-refractivity contribution in [2.45, 2.75) is 25.6 Å². The summed E-state index contributed by atoms with van der Waals surface area (Å²) in [5.74, 6) is -8.71. The molecule has 1 rings (SSSR count). The highest BCUT2D eigenvalue weighted by Gasteiger charge is 2.64. The molecular formula is C11H7F5N2O6. The zero-order valence-corrected chi connectivity index (χ0v) is 11.6. The minimum atomic E-state index is -6.19. The fourth-order valence-electron chi connectivity index (χ4n) is 1.54. The van der Waals surface area contributed by atoms with Gasteiger partial charge in [-0.1, -0.05) is 0 Å². The second-order valence-electron chi connectivity index (χ2n) is 4.41. The summed E-state index contributed by atoms with van der Waals surface area (Å²) in [4.78, 5) is 30.3. The summed E-state index contributed by atoms with van der Waals surface area (Å²) in [5, 5.41) is 21.5. The first kappa shape index (κ1) is 19.2. The summed E-state index contributed by atoms with van der Waals surface area (Å²) >= 11 is 0. The largest absolute Gasteiger partial charge is 0.465 e. The van der Waals surface area contributed by atoms with E-state index in [9.17, 15) is 47.0 Å². The molecule has 0 amide bonds. The van der Waals surface area contributed by atoms with Crippen molar-refractivity contribution >= 4 is 17.3 Å². The average molecular weight is 358 g/mol. The van der Waals surface area contributed by atoms with Crippen molar-refractivity contribution in [2.75, 3.05) is 0 Å². The molecule has 0 N–H and O–H groups in total. The number of nitro benzene ring substituents is 2. The maximum Gasteiger partial charge on any atom is 0.465 e. The fourth-order valence-corrected chi connectivity index (χ4v) is 1.54. The molecule has 24 heavy (non-hydrogen) atoms. The standard InChI is InChI=1S/C11H7F5N2O6/c1-5-6(2-7(17(20)21)3-8(5)18(22)23)4-24-9(19)10(12,13)11(14,15)16/h2-3H,4H2,1H3. The van der Waals surface area contributed by atoms with Crippen LogP contribution in [0.2, 0.25) is 0 Å². The molecule has 0 saturated carbocycles. The van der Waals surface area contributed by atoms with Gasteiger partial charge in [0.1, 0.15) is 6.61 Å². The summed E-state index contributed by atoms with van der Waals surface area (Å²) in [6.45, 7) is -0.175. The van der Waals surface area contributed by atoms with Gasteiger partial charge in [-0.3, -0.25) is 20.2 Å². The number of esters is 1. The molecule has 8 nitrogen and oxygen atoms in total. The van der Waals surface area contributed by atoms with Crippen molar-refractivity contribution < 1.29 is 41.3 Å². The van der Waals surface area contributed by atoms with E-state index in [2.05, 4.69) is 4.74 Å². The lowest BCUT2D eigenvalue weighted by Crippen LogP contribution is -2.45. The van der Waals surface area contributed by atoms with E-state index in [4.69, 9.17) is 0 Å². The van der Waals surface area contributed by atoms with Crippen LogP contribution >= 0.6 is 0 Å². The minimum absolute atomic E-state index is 0.284. The van der Waals surface area contributed by atoms with E-state index >= 15 is 0 Å². The molecule has 0 fully saturated rings. The summed E-state index contributed by atoms with van der Waals surface area (Å²) in [6, 6.07) is 1.24. The third-order valence-corrected chi connectivity index (χ3v) is 2.85. The molecule has 13 heteroatoms. The van der Waals surface area contributed by atoms with Gasteiger partial charge in [-0.2, -0.15) is 22.0 Å². The highest BCUT2D eigenvalue weighted by Crippen LogP contribution is 2.37. The predicted octanol–water partition coefficient (Wildman–Crippen LogP) is 3.05. The summed E-state index contributed by atoms with van der Waals surface area (Å²) in [7, 11) is 0. The van der Waals surface area contributed by atoms with Crippen LogP contribution in [0.5, 0.6) is 0 Å². The maximum atomic E-state index is 12.7. The van der Waals surface area contributed by atoms with Gasteiger partial charge in [0.2, 0.25) is 0 Å². The number of rotatable bonds is 5. The van der Waals surface area contributed by atoms with Gasteiger partial charge in [-0.25, -0.2) is 4.79 Å². The summed E-state index contributed by atoms with van der Waals surface area (Å²) in [5.41, 5.74) is -2.34. The van der Waals surface area contributed by atoms with Crippen LogP contribution in [0, 0.1) is 27.2 Å². The van der Waals surface area contributed by atoms with Gasteiger partial charge in [0.15, 0.2) is 0 Å². The molecule has 1 aromatic rings. The molecular weight excluding hydrogens is 351 g/mol. The molecule has 0 aromatic heterocycles. The Kier molecular flexibility index (Phi) is 5.06. The molecule has 0 saturated heterocycles. The number of hydrogen-bond acceptors (Lipinski definition) is 6. The van der Waals surface area contributed by atoms with E-state index in [1.165, 1.54) is 0 Å². The molecule has 0 aliphatic rings. The van der Waals surface area contributed by atoms with Gasteiger partial charge < -0.3 is 4.74 Å². The molecule has 0 bridgehead atoms. The molecule has 0 atom stereocenters. The van der Waals surface area contributed by atoms with Crippen molar-refractivity contribution in [3.05, 3.63) is 43.5 Å². The number of hydrogen-bond donors (Lipinski definition) is 0. The smallest absolute Gasteiger partial charge is 0.456 e. The summed E-state index contributed by atoms with van der Waals surface area (Å²) in [6.07, 6.45) is -6.19. The Morgan fingerprint density at radius 3 is 2.08 bits per heavy atom. The maximum absolute atomic E-state index is 12.7. The highest BCUT2D eigenvalue weighted by molar-refractivity contribution is 5.78. The third kappa shape index (κ3) is 3.72. The predicted molar refractivity (Wildman–Crippen MR) is 65.3 cm³/mol. The first-order valence-electron chi connectivity index (χ1n) is 5.83. The Balaban J connectivity index is 3.14. The van der Waals surface area contributed by atoms with Crippen LogP contribution in [0.1, 0.15) is 11.1 Å². The third-order valence-electron chi connectivity index (χ3n) is 2.85. The number of carbonyl (C=O) groups is 1. The molecule has 0 spiro atoms. The monoisotopic (exact) mass is 358 g/mol. The van der Waals surface area contributed by atoms with Gasteiger partial charge >= 0.3 is 18.1 Å². The van der Waals surface area contributed by atoms with Crippen LogP contribution in [0.25, 0.3) is 0 Å². The Morgan fingerprint density at radius 2 is 1.67 bits per heavy atom. The van der Waals surface area contributed by atoms with Crippen LogP contribution < -0.4 is 0 Å². The van der Waals surface area contributed by atoms with Crippen molar-refractivity contribution in [1.82, 2.24) is 0 Å². The number of ether oxygens (including phenoxy) is 1. The van der Waals surface area contributed by atoms with Crippen molar-refractivity contribution in [3.63, 3.8) is 0 Å². The lowest BCUT2D eigenvalue weighted by molar-refractivity contribution is -0.394. The van der Waals surface area contributed by atoms with E-state index in [-0.39, 0.29) is 5.56 Å². The quantitative estimate of drug-likeness (QED) is 0.346. The number of alkyl halides is 5. The zero-order chi connectivity index (χ0) is 18.9. The Morgan fingerprint density at radius 1 is 1.12 bits per heavy atom. The normalized spacial score (nSPS) is 11.9. The Labute approximate surface area is 129 Å².